The SMILES string of the molecule is CC[C@@]1(OC(=O)CN=C(Cc2ccccc2)NS(=O)(=O)c2ccc(C)cc2)C(=O)OCc2c1cc1n(c2=O)Cc2cc3ccccc3nc2-1. The number of fused-ring (bicyclic) bond motifs is 5. The minimum atomic E-state index is -4.04. The maximum absolute atomic E-state index is 13.8. The number of aryl methyl sites for hydroxylation is 1. The van der Waals surface area contributed by atoms with Crippen LogP contribution in [0.4, 0.5) is 0 Å². The lowest BCUT2D eigenvalue weighted by Crippen LogP contribution is -2.48. The molecular formula is C37H32N4O7S. The second kappa shape index (κ2) is 12.4. The molecule has 0 radical (unpaired) electrons. The first-order valence-electron chi connectivity index (χ1n) is 15.8. The highest BCUT2D eigenvalue weighted by Gasteiger charge is 2.50. The molecule has 12 heteroatoms. The Morgan fingerprint density at radius 2 is 1.76 bits per heavy atom. The van der Waals surface area contributed by atoms with E-state index in [1.54, 1.807) is 29.7 Å². The van der Waals surface area contributed by atoms with Crippen molar-refractivity contribution in [2.24, 2.45) is 4.99 Å². The van der Waals surface area contributed by atoms with Gasteiger partial charge in [0.1, 0.15) is 19.0 Å². The van der Waals surface area contributed by atoms with Crippen LogP contribution >= 0.6 is 0 Å². The number of aromatic nitrogens is 2. The summed E-state index contributed by atoms with van der Waals surface area (Å²) in [5.41, 5.74) is 2.59. The molecule has 0 aliphatic carbocycles. The highest BCUT2D eigenvalue weighted by molar-refractivity contribution is 7.90. The van der Waals surface area contributed by atoms with E-state index >= 15 is 0 Å². The molecule has 7 rings (SSSR count). The molecule has 0 spiro atoms. The molecule has 0 bridgehead atoms. The topological polar surface area (TPSA) is 146 Å². The fraction of sp³-hybridized carbons (Fsp3) is 0.216. The highest BCUT2D eigenvalue weighted by Crippen LogP contribution is 2.41. The van der Waals surface area contributed by atoms with Crippen LogP contribution in [0.25, 0.3) is 22.3 Å². The Kier molecular flexibility index (Phi) is 8.11. The lowest BCUT2D eigenvalue weighted by atomic mass is 9.85. The summed E-state index contributed by atoms with van der Waals surface area (Å²) in [6.45, 7) is 2.94. The molecule has 1 atom stereocenters. The number of amidine groups is 1. The number of carbonyl (C=O) groups excluding carboxylic acids is 2. The first kappa shape index (κ1) is 32.0. The third-order valence-electron chi connectivity index (χ3n) is 8.87. The van der Waals surface area contributed by atoms with Gasteiger partial charge in [-0.25, -0.2) is 23.0 Å². The lowest BCUT2D eigenvalue weighted by Gasteiger charge is -2.35. The van der Waals surface area contributed by atoms with Crippen LogP contribution in [0.3, 0.4) is 0 Å². The average Bonchev–Trinajstić information content (AvgIpc) is 3.45. The summed E-state index contributed by atoms with van der Waals surface area (Å²) in [6.07, 6.45) is 0.0547. The van der Waals surface area contributed by atoms with E-state index in [-0.39, 0.29) is 46.9 Å². The molecule has 248 valence electrons. The number of cyclic esters (lactones) is 1. The molecule has 3 aromatic carbocycles. The number of hydrogen-bond acceptors (Lipinski definition) is 9. The molecule has 2 aromatic heterocycles. The second-order valence-corrected chi connectivity index (χ2v) is 13.8. The van der Waals surface area contributed by atoms with Crippen LogP contribution < -0.4 is 10.3 Å². The van der Waals surface area contributed by atoms with E-state index in [0.29, 0.717) is 17.9 Å². The molecule has 11 nitrogen and oxygen atoms in total. The Morgan fingerprint density at radius 3 is 2.51 bits per heavy atom. The van der Waals surface area contributed by atoms with Crippen molar-refractivity contribution in [1.82, 2.24) is 14.3 Å². The van der Waals surface area contributed by atoms with Gasteiger partial charge in [0.05, 0.1) is 33.9 Å². The van der Waals surface area contributed by atoms with Gasteiger partial charge in [0, 0.05) is 22.9 Å². The van der Waals surface area contributed by atoms with Crippen LogP contribution in [0.15, 0.2) is 106 Å². The number of carbonyl (C=O) groups is 2. The summed E-state index contributed by atoms with van der Waals surface area (Å²) in [4.78, 5) is 50.0. The number of rotatable bonds is 8. The molecule has 4 heterocycles. The van der Waals surface area contributed by atoms with Crippen molar-refractivity contribution in [2.75, 3.05) is 6.54 Å². The van der Waals surface area contributed by atoms with Gasteiger partial charge in [0.2, 0.25) is 5.60 Å². The normalized spacial score (nSPS) is 16.8. The third kappa shape index (κ3) is 5.88. The van der Waals surface area contributed by atoms with Crippen LogP contribution in [0, 0.1) is 6.92 Å². The fourth-order valence-electron chi connectivity index (χ4n) is 6.31. The van der Waals surface area contributed by atoms with E-state index in [4.69, 9.17) is 14.5 Å². The van der Waals surface area contributed by atoms with Gasteiger partial charge < -0.3 is 14.0 Å². The number of esters is 2. The minimum Gasteiger partial charge on any atom is -0.457 e. The minimum absolute atomic E-state index is 0.00636. The van der Waals surface area contributed by atoms with Gasteiger partial charge in [-0.15, -0.1) is 0 Å². The molecule has 49 heavy (non-hydrogen) atoms. The zero-order valence-corrected chi connectivity index (χ0v) is 27.6. The number of para-hydroxylation sites is 1. The summed E-state index contributed by atoms with van der Waals surface area (Å²) >= 11 is 0. The Balaban J connectivity index is 1.21. The fourth-order valence-corrected chi connectivity index (χ4v) is 7.37. The van der Waals surface area contributed by atoms with Crippen LogP contribution in [0.1, 0.15) is 41.2 Å². The number of hydrogen-bond donors (Lipinski definition) is 1. The van der Waals surface area contributed by atoms with Gasteiger partial charge >= 0.3 is 11.9 Å². The quantitative estimate of drug-likeness (QED) is 0.140. The third-order valence-corrected chi connectivity index (χ3v) is 10.3. The maximum atomic E-state index is 13.8. The number of benzene rings is 3. The predicted molar refractivity (Wildman–Crippen MR) is 182 cm³/mol. The van der Waals surface area contributed by atoms with E-state index in [0.717, 1.165) is 27.6 Å². The largest absolute Gasteiger partial charge is 0.457 e. The van der Waals surface area contributed by atoms with Crippen molar-refractivity contribution in [1.29, 1.82) is 0 Å². The molecule has 0 saturated heterocycles. The van der Waals surface area contributed by atoms with Crippen molar-refractivity contribution in [3.8, 4) is 11.4 Å². The number of aliphatic imine (C=N–C) groups is 1. The van der Waals surface area contributed by atoms with Crippen molar-refractivity contribution in [3.05, 3.63) is 129 Å². The molecule has 0 saturated carbocycles. The van der Waals surface area contributed by atoms with Gasteiger partial charge in [-0.2, -0.15) is 0 Å². The summed E-state index contributed by atoms with van der Waals surface area (Å²) in [7, 11) is -4.04. The molecule has 0 fully saturated rings. The van der Waals surface area contributed by atoms with Crippen LogP contribution in [0.5, 0.6) is 0 Å². The Labute approximate surface area is 282 Å². The molecular weight excluding hydrogens is 644 g/mol. The predicted octanol–water partition coefficient (Wildman–Crippen LogP) is 4.56. The summed E-state index contributed by atoms with van der Waals surface area (Å²) in [6, 6.07) is 26.7. The van der Waals surface area contributed by atoms with Crippen molar-refractivity contribution in [3.63, 3.8) is 0 Å². The lowest BCUT2D eigenvalue weighted by molar-refractivity contribution is -0.188. The van der Waals surface area contributed by atoms with Gasteiger partial charge in [-0.05, 0) is 49.2 Å². The van der Waals surface area contributed by atoms with E-state index in [2.05, 4.69) is 9.71 Å². The van der Waals surface area contributed by atoms with E-state index in [9.17, 15) is 22.8 Å². The number of nitrogens with zero attached hydrogens (tertiary/aromatic N) is 3. The molecule has 2 aliphatic heterocycles. The van der Waals surface area contributed by atoms with E-state index in [1.165, 1.54) is 12.1 Å². The molecule has 1 N–H and O–H groups in total. The maximum Gasteiger partial charge on any atom is 0.355 e. The van der Waals surface area contributed by atoms with Gasteiger partial charge in [0.25, 0.3) is 15.6 Å². The van der Waals surface area contributed by atoms with Crippen LogP contribution in [-0.2, 0) is 54.3 Å². The van der Waals surface area contributed by atoms with Crippen LogP contribution in [-0.4, -0.2) is 42.3 Å². The molecule has 5 aromatic rings. The number of nitrogens with one attached hydrogen (secondary N) is 1. The van der Waals surface area contributed by atoms with Crippen LogP contribution in [0.2, 0.25) is 0 Å². The first-order valence-corrected chi connectivity index (χ1v) is 17.3. The highest BCUT2D eigenvalue weighted by atomic mass is 32.2. The zero-order valence-electron chi connectivity index (χ0n) is 26.8. The van der Waals surface area contributed by atoms with Gasteiger partial charge in [0.15, 0.2) is 0 Å². The average molecular weight is 677 g/mol. The van der Waals surface area contributed by atoms with E-state index in [1.807, 2.05) is 67.6 Å². The summed E-state index contributed by atoms with van der Waals surface area (Å²) in [5.74, 6) is -1.71. The molecule has 0 amide bonds. The second-order valence-electron chi connectivity index (χ2n) is 12.1. The first-order chi connectivity index (χ1) is 23.6. The summed E-state index contributed by atoms with van der Waals surface area (Å²) in [5, 5.41) is 0.940. The van der Waals surface area contributed by atoms with Gasteiger partial charge in [-0.3, -0.25) is 14.5 Å². The monoisotopic (exact) mass is 676 g/mol. The molecule has 0 unspecified atom stereocenters. The standard InChI is InChI=1S/C37H32N4O7S/c1-3-37(48-33(42)20-38-32(17-24-9-5-4-6-10-24)40-49(45,46)27-15-13-23(2)14-16-27)29-19-31-34-26(18-25-11-7-8-12-30(25)39-34)21-41(31)35(43)28(29)22-47-36(37)44/h4-16,18-19H,3,17,20-22H2,1-2H3,(H,38,40)/t37-/m0/s1. The number of sulfonamides is 1. The number of pyridine rings is 2. The Bertz CT molecular complexity index is 2340. The Hall–Kier alpha value is -5.62. The smallest absolute Gasteiger partial charge is 0.355 e. The summed E-state index contributed by atoms with van der Waals surface area (Å²) < 4.78 is 42.0. The Morgan fingerprint density at radius 1 is 1.02 bits per heavy atom. The van der Waals surface area contributed by atoms with Crippen molar-refractivity contribution >= 4 is 38.7 Å². The number of ether oxygens (including phenoxy) is 2. The molecule has 2 aliphatic rings. The van der Waals surface area contributed by atoms with Gasteiger partial charge in [-0.1, -0.05) is 73.2 Å². The van der Waals surface area contributed by atoms with Crippen molar-refractivity contribution < 1.29 is 27.5 Å². The van der Waals surface area contributed by atoms with Crippen molar-refractivity contribution in [2.45, 2.75) is 50.3 Å². The zero-order chi connectivity index (χ0) is 34.3. The van der Waals surface area contributed by atoms with E-state index < -0.39 is 34.1 Å².